The van der Waals surface area contributed by atoms with E-state index in [1.54, 1.807) is 4.88 Å². The van der Waals surface area contributed by atoms with Gasteiger partial charge in [-0.3, -0.25) is 4.79 Å². The van der Waals surface area contributed by atoms with Crippen LogP contribution in [0.15, 0.2) is 53.9 Å². The van der Waals surface area contributed by atoms with Crippen molar-refractivity contribution in [3.63, 3.8) is 0 Å². The van der Waals surface area contributed by atoms with Crippen LogP contribution < -0.4 is 10.2 Å². The molecule has 1 aliphatic heterocycles. The zero-order chi connectivity index (χ0) is 17.5. The Kier molecular flexibility index (Phi) is 4.03. The number of rotatable bonds is 4. The van der Waals surface area contributed by atoms with Crippen molar-refractivity contribution in [2.24, 2.45) is 5.92 Å². The Morgan fingerprint density at radius 3 is 2.81 bits per heavy atom. The van der Waals surface area contributed by atoms with E-state index in [0.29, 0.717) is 12.6 Å². The number of benzene rings is 2. The first-order valence-electron chi connectivity index (χ1n) is 9.47. The minimum Gasteiger partial charge on any atom is -0.321 e. The fourth-order valence-corrected chi connectivity index (χ4v) is 5.30. The molecule has 1 fully saturated rings. The van der Waals surface area contributed by atoms with Crippen LogP contribution in [0.2, 0.25) is 0 Å². The molecule has 3 nitrogen and oxygen atoms in total. The van der Waals surface area contributed by atoms with Crippen molar-refractivity contribution in [2.75, 3.05) is 18.4 Å². The number of hydrogen-bond donors (Lipinski definition) is 2. The molecule has 1 unspecified atom stereocenters. The van der Waals surface area contributed by atoms with Gasteiger partial charge >= 0.3 is 0 Å². The molecule has 2 N–H and O–H groups in total. The monoisotopic (exact) mass is 363 g/mol. The molecule has 4 heteroatoms. The average molecular weight is 364 g/mol. The lowest BCUT2D eigenvalue weighted by atomic mass is 9.96. The summed E-state index contributed by atoms with van der Waals surface area (Å²) in [5.74, 6) is 0.895. The lowest BCUT2D eigenvalue weighted by Crippen LogP contribution is -3.14. The molecular formula is C22H23N2OS+. The van der Waals surface area contributed by atoms with Gasteiger partial charge in [0.25, 0.3) is 5.91 Å². The summed E-state index contributed by atoms with van der Waals surface area (Å²) in [5, 5.41) is 7.70. The molecule has 1 amide bonds. The highest BCUT2D eigenvalue weighted by Crippen LogP contribution is 2.42. The first-order chi connectivity index (χ1) is 12.8. The number of nitrogens with one attached hydrogen (secondary N) is 2. The summed E-state index contributed by atoms with van der Waals surface area (Å²) in [7, 11) is 0. The summed E-state index contributed by atoms with van der Waals surface area (Å²) in [5.41, 5.74) is 2.40. The van der Waals surface area contributed by atoms with Crippen molar-refractivity contribution in [1.29, 1.82) is 0 Å². The maximum atomic E-state index is 12.7. The summed E-state index contributed by atoms with van der Waals surface area (Å²) in [6, 6.07) is 17.2. The number of quaternary nitrogens is 1. The predicted molar refractivity (Wildman–Crippen MR) is 107 cm³/mol. The van der Waals surface area contributed by atoms with Gasteiger partial charge in [0.1, 0.15) is 6.04 Å². The highest BCUT2D eigenvalue weighted by atomic mass is 32.1. The summed E-state index contributed by atoms with van der Waals surface area (Å²) >= 11 is 1.89. The van der Waals surface area contributed by atoms with E-state index in [1.165, 1.54) is 28.7 Å². The van der Waals surface area contributed by atoms with Gasteiger partial charge in [-0.2, -0.15) is 0 Å². The second-order valence-electron chi connectivity index (χ2n) is 7.56. The van der Waals surface area contributed by atoms with E-state index in [9.17, 15) is 4.79 Å². The molecule has 0 bridgehead atoms. The molecule has 0 spiro atoms. The quantitative estimate of drug-likeness (QED) is 0.732. The third kappa shape index (κ3) is 3.04. The molecule has 1 aromatic heterocycles. The summed E-state index contributed by atoms with van der Waals surface area (Å²) < 4.78 is 0. The Morgan fingerprint density at radius 1 is 1.12 bits per heavy atom. The average Bonchev–Trinajstić information content (AvgIpc) is 3.37. The van der Waals surface area contributed by atoms with Crippen LogP contribution in [0.3, 0.4) is 0 Å². The normalized spacial score (nSPS) is 22.2. The van der Waals surface area contributed by atoms with Gasteiger partial charge in [0, 0.05) is 28.5 Å². The van der Waals surface area contributed by atoms with Crippen LogP contribution in [0.1, 0.15) is 29.3 Å². The van der Waals surface area contributed by atoms with Crippen LogP contribution in [0, 0.1) is 5.92 Å². The molecule has 3 aromatic rings. The topological polar surface area (TPSA) is 33.5 Å². The Bertz CT molecular complexity index is 959. The van der Waals surface area contributed by atoms with Crippen LogP contribution in [0.4, 0.5) is 5.69 Å². The number of anilines is 1. The van der Waals surface area contributed by atoms with Gasteiger partial charge in [-0.05, 0) is 47.2 Å². The van der Waals surface area contributed by atoms with Gasteiger partial charge in [-0.15, -0.1) is 11.3 Å². The van der Waals surface area contributed by atoms with E-state index in [0.717, 1.165) is 30.0 Å². The van der Waals surface area contributed by atoms with Gasteiger partial charge in [0.15, 0.2) is 6.54 Å². The number of carbonyl (C=O) groups excluding carboxylic acids is 1. The second kappa shape index (κ2) is 6.53. The molecule has 132 valence electrons. The molecule has 26 heavy (non-hydrogen) atoms. The summed E-state index contributed by atoms with van der Waals surface area (Å²) in [6.45, 7) is 1.63. The van der Waals surface area contributed by atoms with Gasteiger partial charge in [-0.25, -0.2) is 0 Å². The maximum absolute atomic E-state index is 12.7. The Morgan fingerprint density at radius 2 is 1.96 bits per heavy atom. The SMILES string of the molecule is O=C(C[NH+]1CCc2sccc2[C@H]1C1CC1)Nc1ccc2ccccc2c1. The van der Waals surface area contributed by atoms with Gasteiger partial charge in [0.2, 0.25) is 0 Å². The van der Waals surface area contributed by atoms with Gasteiger partial charge in [0.05, 0.1) is 6.54 Å². The fraction of sp³-hybridized carbons (Fsp3) is 0.318. The molecule has 5 rings (SSSR count). The Hall–Kier alpha value is -2.17. The fourth-order valence-electron chi connectivity index (χ4n) is 4.37. The highest BCUT2D eigenvalue weighted by Gasteiger charge is 2.43. The lowest BCUT2D eigenvalue weighted by Gasteiger charge is -2.32. The van der Waals surface area contributed by atoms with E-state index in [1.807, 2.05) is 29.5 Å². The van der Waals surface area contributed by atoms with E-state index < -0.39 is 0 Å². The first-order valence-corrected chi connectivity index (χ1v) is 10.4. The van der Waals surface area contributed by atoms with Crippen LogP contribution in [0.5, 0.6) is 0 Å². The number of thiophene rings is 1. The van der Waals surface area contributed by atoms with Crippen molar-refractivity contribution in [2.45, 2.75) is 25.3 Å². The molecule has 0 saturated heterocycles. The number of fused-ring (bicyclic) bond motifs is 2. The van der Waals surface area contributed by atoms with Crippen molar-refractivity contribution in [3.05, 3.63) is 64.4 Å². The van der Waals surface area contributed by atoms with Crippen LogP contribution in [0.25, 0.3) is 10.8 Å². The van der Waals surface area contributed by atoms with Crippen LogP contribution in [-0.4, -0.2) is 19.0 Å². The maximum Gasteiger partial charge on any atom is 0.279 e. The van der Waals surface area contributed by atoms with Crippen molar-refractivity contribution < 1.29 is 9.69 Å². The second-order valence-corrected chi connectivity index (χ2v) is 8.56. The minimum atomic E-state index is 0.125. The number of hydrogen-bond acceptors (Lipinski definition) is 2. The predicted octanol–water partition coefficient (Wildman–Crippen LogP) is 3.43. The first kappa shape index (κ1) is 16.0. The number of carbonyl (C=O) groups is 1. The summed E-state index contributed by atoms with van der Waals surface area (Å²) in [6.07, 6.45) is 3.74. The number of amides is 1. The Balaban J connectivity index is 1.31. The van der Waals surface area contributed by atoms with Gasteiger partial charge in [-0.1, -0.05) is 30.3 Å². The Labute approximate surface area is 157 Å². The summed E-state index contributed by atoms with van der Waals surface area (Å²) in [4.78, 5) is 15.7. The molecule has 2 heterocycles. The lowest BCUT2D eigenvalue weighted by molar-refractivity contribution is -0.928. The van der Waals surface area contributed by atoms with E-state index in [-0.39, 0.29) is 5.91 Å². The van der Waals surface area contributed by atoms with Crippen molar-refractivity contribution >= 4 is 33.7 Å². The van der Waals surface area contributed by atoms with Crippen LogP contribution in [-0.2, 0) is 11.2 Å². The standard InChI is InChI=1S/C22H22N2OS/c25-21(23-18-8-7-15-3-1-2-4-17(15)13-18)14-24-11-9-20-19(10-12-26-20)22(24)16-5-6-16/h1-4,7-8,10,12-13,16,22H,5-6,9,11,14H2,(H,23,25)/p+1/t22-/m1/s1. The van der Waals surface area contributed by atoms with E-state index in [2.05, 4.69) is 41.0 Å². The van der Waals surface area contributed by atoms with Crippen molar-refractivity contribution in [1.82, 2.24) is 0 Å². The van der Waals surface area contributed by atoms with Crippen molar-refractivity contribution in [3.8, 4) is 0 Å². The van der Waals surface area contributed by atoms with E-state index in [4.69, 9.17) is 0 Å². The molecule has 2 atom stereocenters. The largest absolute Gasteiger partial charge is 0.321 e. The van der Waals surface area contributed by atoms with Gasteiger partial charge < -0.3 is 10.2 Å². The minimum absolute atomic E-state index is 0.125. The third-order valence-electron chi connectivity index (χ3n) is 5.74. The molecular weight excluding hydrogens is 340 g/mol. The van der Waals surface area contributed by atoms with E-state index >= 15 is 0 Å². The van der Waals surface area contributed by atoms with Crippen LogP contribution >= 0.6 is 11.3 Å². The molecule has 2 aliphatic rings. The molecule has 1 saturated carbocycles. The zero-order valence-corrected chi connectivity index (χ0v) is 15.5. The molecule has 2 aromatic carbocycles. The smallest absolute Gasteiger partial charge is 0.279 e. The third-order valence-corrected chi connectivity index (χ3v) is 6.74. The highest BCUT2D eigenvalue weighted by molar-refractivity contribution is 7.10. The molecule has 1 aliphatic carbocycles. The molecule has 0 radical (unpaired) electrons. The zero-order valence-electron chi connectivity index (χ0n) is 14.7.